The van der Waals surface area contributed by atoms with Crippen LogP contribution in [0.1, 0.15) is 22.8 Å². The summed E-state index contributed by atoms with van der Waals surface area (Å²) < 4.78 is 5.27. The second kappa shape index (κ2) is 5.83. The number of ether oxygens (including phenoxy) is 1. The van der Waals surface area contributed by atoms with Gasteiger partial charge in [-0.1, -0.05) is 0 Å². The van der Waals surface area contributed by atoms with Crippen LogP contribution in [0, 0.1) is 0 Å². The van der Waals surface area contributed by atoms with Crippen molar-refractivity contribution in [1.82, 2.24) is 4.98 Å². The number of benzene rings is 1. The first kappa shape index (κ1) is 13.4. The van der Waals surface area contributed by atoms with Crippen molar-refractivity contribution in [2.45, 2.75) is 13.3 Å². The topological polar surface area (TPSA) is 63.2 Å². The van der Waals surface area contributed by atoms with E-state index in [0.717, 1.165) is 18.7 Å². The van der Waals surface area contributed by atoms with E-state index in [1.807, 2.05) is 25.1 Å². The summed E-state index contributed by atoms with van der Waals surface area (Å²) in [5, 5.41) is 6.12. The van der Waals surface area contributed by atoms with Gasteiger partial charge in [-0.05, 0) is 43.2 Å². The summed E-state index contributed by atoms with van der Waals surface area (Å²) in [4.78, 5) is 16.4. The van der Waals surface area contributed by atoms with E-state index in [4.69, 9.17) is 4.74 Å². The molecule has 108 valence electrons. The SMILES string of the molecule is CCOc1ccc(NC(=O)c2ccc3c(c2)CCN3)cn1. The number of hydrogen-bond donors (Lipinski definition) is 2. The Balaban J connectivity index is 1.71. The fourth-order valence-corrected chi connectivity index (χ4v) is 2.34. The molecule has 0 radical (unpaired) electrons. The molecule has 0 aliphatic carbocycles. The van der Waals surface area contributed by atoms with Crippen molar-refractivity contribution in [3.63, 3.8) is 0 Å². The van der Waals surface area contributed by atoms with Crippen LogP contribution < -0.4 is 15.4 Å². The lowest BCUT2D eigenvalue weighted by molar-refractivity contribution is 0.102. The lowest BCUT2D eigenvalue weighted by atomic mass is 10.1. The van der Waals surface area contributed by atoms with Crippen molar-refractivity contribution in [1.29, 1.82) is 0 Å². The highest BCUT2D eigenvalue weighted by Crippen LogP contribution is 2.23. The molecule has 3 rings (SSSR count). The molecule has 5 heteroatoms. The van der Waals surface area contributed by atoms with E-state index in [1.54, 1.807) is 18.3 Å². The molecule has 2 N–H and O–H groups in total. The van der Waals surface area contributed by atoms with Crippen molar-refractivity contribution in [2.24, 2.45) is 0 Å². The number of pyridine rings is 1. The first-order valence-electron chi connectivity index (χ1n) is 7.03. The zero-order valence-electron chi connectivity index (χ0n) is 11.8. The normalized spacial score (nSPS) is 12.4. The molecule has 0 spiro atoms. The molecule has 1 aliphatic rings. The fourth-order valence-electron chi connectivity index (χ4n) is 2.34. The highest BCUT2D eigenvalue weighted by atomic mass is 16.5. The summed E-state index contributed by atoms with van der Waals surface area (Å²) in [5.41, 5.74) is 3.62. The molecule has 2 heterocycles. The van der Waals surface area contributed by atoms with E-state index < -0.39 is 0 Å². The lowest BCUT2D eigenvalue weighted by Crippen LogP contribution is -2.12. The Kier molecular flexibility index (Phi) is 3.73. The van der Waals surface area contributed by atoms with Crippen LogP contribution in [0.15, 0.2) is 36.5 Å². The molecule has 1 aliphatic heterocycles. The summed E-state index contributed by atoms with van der Waals surface area (Å²) in [6.07, 6.45) is 2.55. The number of rotatable bonds is 4. The standard InChI is InChI=1S/C16H17N3O2/c1-2-21-15-6-4-13(10-18-15)19-16(20)12-3-5-14-11(9-12)7-8-17-14/h3-6,9-10,17H,2,7-8H2,1H3,(H,19,20). The Labute approximate surface area is 123 Å². The minimum absolute atomic E-state index is 0.129. The van der Waals surface area contributed by atoms with E-state index >= 15 is 0 Å². The maximum atomic E-state index is 12.2. The third-order valence-electron chi connectivity index (χ3n) is 3.36. The number of hydrogen-bond acceptors (Lipinski definition) is 4. The number of carbonyl (C=O) groups is 1. The van der Waals surface area contributed by atoms with Crippen LogP contribution in [-0.4, -0.2) is 24.0 Å². The summed E-state index contributed by atoms with van der Waals surface area (Å²) in [6.45, 7) is 3.41. The summed E-state index contributed by atoms with van der Waals surface area (Å²) >= 11 is 0. The Morgan fingerprint density at radius 2 is 2.29 bits per heavy atom. The van der Waals surface area contributed by atoms with Crippen LogP contribution in [0.2, 0.25) is 0 Å². The van der Waals surface area contributed by atoms with Crippen LogP contribution in [0.3, 0.4) is 0 Å². The molecule has 1 aromatic carbocycles. The molecule has 0 unspecified atom stereocenters. The first-order chi connectivity index (χ1) is 10.3. The molecule has 0 saturated carbocycles. The van der Waals surface area contributed by atoms with Crippen molar-refractivity contribution in [3.05, 3.63) is 47.7 Å². The molecule has 2 aromatic rings. The quantitative estimate of drug-likeness (QED) is 0.905. The molecule has 0 bridgehead atoms. The number of nitrogens with one attached hydrogen (secondary N) is 2. The summed E-state index contributed by atoms with van der Waals surface area (Å²) in [7, 11) is 0. The van der Waals surface area contributed by atoms with Crippen LogP contribution in [-0.2, 0) is 6.42 Å². The van der Waals surface area contributed by atoms with E-state index in [-0.39, 0.29) is 5.91 Å². The van der Waals surface area contributed by atoms with Gasteiger partial charge in [-0.3, -0.25) is 4.79 Å². The minimum Gasteiger partial charge on any atom is -0.478 e. The number of anilines is 2. The Morgan fingerprint density at radius 1 is 1.38 bits per heavy atom. The molecule has 1 aromatic heterocycles. The molecule has 5 nitrogen and oxygen atoms in total. The third-order valence-corrected chi connectivity index (χ3v) is 3.36. The van der Waals surface area contributed by atoms with Crippen molar-refractivity contribution in [2.75, 3.05) is 23.8 Å². The van der Waals surface area contributed by atoms with Crippen molar-refractivity contribution >= 4 is 17.3 Å². The predicted molar refractivity (Wildman–Crippen MR) is 82.0 cm³/mol. The molecular weight excluding hydrogens is 266 g/mol. The highest BCUT2D eigenvalue weighted by Gasteiger charge is 2.13. The van der Waals surface area contributed by atoms with Gasteiger partial charge in [-0.15, -0.1) is 0 Å². The second-order valence-electron chi connectivity index (χ2n) is 4.82. The second-order valence-corrected chi connectivity index (χ2v) is 4.82. The number of aromatic nitrogens is 1. The zero-order chi connectivity index (χ0) is 14.7. The van der Waals surface area contributed by atoms with Gasteiger partial charge in [0, 0.05) is 23.9 Å². The smallest absolute Gasteiger partial charge is 0.255 e. The molecule has 0 atom stereocenters. The fraction of sp³-hybridized carbons (Fsp3) is 0.250. The van der Waals surface area contributed by atoms with Gasteiger partial charge in [-0.2, -0.15) is 0 Å². The van der Waals surface area contributed by atoms with E-state index in [9.17, 15) is 4.79 Å². The van der Waals surface area contributed by atoms with Crippen LogP contribution in [0.4, 0.5) is 11.4 Å². The first-order valence-corrected chi connectivity index (χ1v) is 7.03. The average Bonchev–Trinajstić information content (AvgIpc) is 2.97. The lowest BCUT2D eigenvalue weighted by Gasteiger charge is -2.07. The summed E-state index contributed by atoms with van der Waals surface area (Å²) in [6, 6.07) is 9.24. The molecule has 1 amide bonds. The molecule has 21 heavy (non-hydrogen) atoms. The Hall–Kier alpha value is -2.56. The van der Waals surface area contributed by atoms with E-state index in [0.29, 0.717) is 23.7 Å². The van der Waals surface area contributed by atoms with Gasteiger partial charge in [0.2, 0.25) is 5.88 Å². The van der Waals surface area contributed by atoms with Gasteiger partial charge < -0.3 is 15.4 Å². The maximum absolute atomic E-state index is 12.2. The number of nitrogens with zero attached hydrogens (tertiary/aromatic N) is 1. The van der Waals surface area contributed by atoms with Crippen LogP contribution in [0.25, 0.3) is 0 Å². The van der Waals surface area contributed by atoms with Gasteiger partial charge >= 0.3 is 0 Å². The minimum atomic E-state index is -0.129. The van der Waals surface area contributed by atoms with Crippen LogP contribution >= 0.6 is 0 Å². The number of fused-ring (bicyclic) bond motifs is 1. The predicted octanol–water partition coefficient (Wildman–Crippen LogP) is 2.70. The van der Waals surface area contributed by atoms with Gasteiger partial charge in [0.05, 0.1) is 18.5 Å². The maximum Gasteiger partial charge on any atom is 0.255 e. The van der Waals surface area contributed by atoms with E-state index in [2.05, 4.69) is 15.6 Å². The Morgan fingerprint density at radius 3 is 3.05 bits per heavy atom. The number of amides is 1. The van der Waals surface area contributed by atoms with Gasteiger partial charge in [0.25, 0.3) is 5.91 Å². The van der Waals surface area contributed by atoms with Gasteiger partial charge in [0.15, 0.2) is 0 Å². The molecule has 0 saturated heterocycles. The average molecular weight is 283 g/mol. The van der Waals surface area contributed by atoms with Crippen molar-refractivity contribution < 1.29 is 9.53 Å². The van der Waals surface area contributed by atoms with Gasteiger partial charge in [0.1, 0.15) is 0 Å². The van der Waals surface area contributed by atoms with Crippen LogP contribution in [0.5, 0.6) is 5.88 Å². The third kappa shape index (κ3) is 2.97. The largest absolute Gasteiger partial charge is 0.478 e. The van der Waals surface area contributed by atoms with Gasteiger partial charge in [-0.25, -0.2) is 4.98 Å². The monoisotopic (exact) mass is 283 g/mol. The van der Waals surface area contributed by atoms with E-state index in [1.165, 1.54) is 5.56 Å². The van der Waals surface area contributed by atoms with Crippen molar-refractivity contribution in [3.8, 4) is 5.88 Å². The number of carbonyl (C=O) groups excluding carboxylic acids is 1. The highest BCUT2D eigenvalue weighted by molar-refractivity contribution is 6.04. The summed E-state index contributed by atoms with van der Waals surface area (Å²) in [5.74, 6) is 0.426. The molecule has 0 fully saturated rings. The Bertz CT molecular complexity index is 653. The molecular formula is C16H17N3O2. The zero-order valence-corrected chi connectivity index (χ0v) is 11.8.